The highest BCUT2D eigenvalue weighted by Gasteiger charge is 2.50. The fourth-order valence-corrected chi connectivity index (χ4v) is 8.06. The molecule has 0 spiro atoms. The molecule has 3 fully saturated rings. The number of methoxy groups -OCH3 is 1. The van der Waals surface area contributed by atoms with Crippen molar-refractivity contribution in [1.82, 2.24) is 20.5 Å². The molecule has 0 saturated carbocycles. The first kappa shape index (κ1) is 35.8. The molecule has 3 atom stereocenters. The molecule has 4 aromatic rings. The van der Waals surface area contributed by atoms with E-state index in [-0.39, 0.29) is 23.5 Å². The van der Waals surface area contributed by atoms with Gasteiger partial charge in [-0.25, -0.2) is 4.79 Å². The number of rotatable bonds is 15. The number of esters is 1. The van der Waals surface area contributed by atoms with Crippen molar-refractivity contribution in [3.8, 4) is 5.75 Å². The van der Waals surface area contributed by atoms with Crippen molar-refractivity contribution in [2.75, 3.05) is 46.4 Å². The number of unbranched alkanes of at least 4 members (excludes halogenated alkanes) is 1. The minimum Gasteiger partial charge on any atom is -0.495 e. The number of aromatic nitrogens is 1. The lowest BCUT2D eigenvalue weighted by Crippen LogP contribution is -2.56. The van der Waals surface area contributed by atoms with Gasteiger partial charge in [-0.1, -0.05) is 42.5 Å². The van der Waals surface area contributed by atoms with Gasteiger partial charge in [0.1, 0.15) is 11.9 Å². The van der Waals surface area contributed by atoms with Crippen LogP contribution in [0, 0.1) is 5.92 Å². The second-order valence-electron chi connectivity index (χ2n) is 14.2. The fraction of sp³-hybridized carbons (Fsp3) is 0.439. The van der Waals surface area contributed by atoms with Gasteiger partial charge in [0, 0.05) is 36.7 Å². The predicted octanol–water partition coefficient (Wildman–Crippen LogP) is 4.37. The number of fused-ring (bicyclic) bond motifs is 5. The molecule has 2 bridgehead atoms. The number of aliphatic hydroxyl groups is 1. The molecule has 3 aromatic carbocycles. The number of nitrogens with zero attached hydrogens (tertiary/aromatic N) is 1. The summed E-state index contributed by atoms with van der Waals surface area (Å²) >= 11 is 0. The van der Waals surface area contributed by atoms with E-state index in [0.717, 1.165) is 67.4 Å². The average Bonchev–Trinajstić information content (AvgIpc) is 3.55. The molecule has 11 nitrogen and oxygen atoms in total. The Labute approximate surface area is 303 Å². The number of aryl methyl sites for hydroxylation is 1. The van der Waals surface area contributed by atoms with Gasteiger partial charge in [0.25, 0.3) is 5.91 Å². The Morgan fingerprint density at radius 3 is 2.69 bits per heavy atom. The van der Waals surface area contributed by atoms with Gasteiger partial charge in [-0.15, -0.1) is 0 Å². The van der Waals surface area contributed by atoms with E-state index in [1.807, 2.05) is 48.5 Å². The third kappa shape index (κ3) is 7.64. The SMILES string of the molecule is COc1ccc([C@@H](O)CNCCCCOCc2cccc(C(=O)NC3(C(=O)O[C@H]4CN5CCC4CC5)CCc4ccccc43)c2)c2ccc(=O)[nH]c12. The number of benzene rings is 3. The van der Waals surface area contributed by atoms with E-state index in [1.54, 1.807) is 25.3 Å². The van der Waals surface area contributed by atoms with Crippen LogP contribution in [0.5, 0.6) is 5.75 Å². The Bertz CT molecular complexity index is 1960. The topological polar surface area (TPSA) is 142 Å². The summed E-state index contributed by atoms with van der Waals surface area (Å²) in [5.74, 6) is 0.250. The van der Waals surface area contributed by atoms with Gasteiger partial charge in [0.15, 0.2) is 5.54 Å². The van der Waals surface area contributed by atoms with E-state index in [1.165, 1.54) is 6.07 Å². The number of H-pyrrole nitrogens is 1. The van der Waals surface area contributed by atoms with Crippen LogP contribution in [0.2, 0.25) is 0 Å². The van der Waals surface area contributed by atoms with E-state index in [4.69, 9.17) is 14.2 Å². The third-order valence-electron chi connectivity index (χ3n) is 10.9. The molecule has 52 heavy (non-hydrogen) atoms. The van der Waals surface area contributed by atoms with Crippen LogP contribution in [-0.2, 0) is 32.8 Å². The van der Waals surface area contributed by atoms with Crippen molar-refractivity contribution in [3.05, 3.63) is 111 Å². The summed E-state index contributed by atoms with van der Waals surface area (Å²) in [5.41, 5.74) is 3.06. The van der Waals surface area contributed by atoms with Crippen molar-refractivity contribution >= 4 is 22.8 Å². The van der Waals surface area contributed by atoms with Gasteiger partial charge >= 0.3 is 5.97 Å². The fourth-order valence-electron chi connectivity index (χ4n) is 8.06. The minimum atomic E-state index is -1.22. The van der Waals surface area contributed by atoms with Crippen molar-refractivity contribution in [3.63, 3.8) is 0 Å². The van der Waals surface area contributed by atoms with Crippen LogP contribution in [-0.4, -0.2) is 79.4 Å². The summed E-state index contributed by atoms with van der Waals surface area (Å²) in [5, 5.41) is 18.1. The van der Waals surface area contributed by atoms with E-state index in [2.05, 4.69) is 20.5 Å². The monoisotopic (exact) mass is 708 g/mol. The van der Waals surface area contributed by atoms with Crippen LogP contribution >= 0.6 is 0 Å². The van der Waals surface area contributed by atoms with Crippen LogP contribution in [0.3, 0.4) is 0 Å². The maximum atomic E-state index is 14.0. The smallest absolute Gasteiger partial charge is 0.336 e. The molecule has 1 aliphatic carbocycles. The minimum absolute atomic E-state index is 0.145. The zero-order chi connectivity index (χ0) is 36.1. The van der Waals surface area contributed by atoms with Gasteiger partial charge in [-0.05, 0) is 111 Å². The lowest BCUT2D eigenvalue weighted by molar-refractivity contribution is -0.167. The zero-order valence-corrected chi connectivity index (χ0v) is 29.7. The number of piperidine rings is 3. The molecule has 4 heterocycles. The Balaban J connectivity index is 0.887. The standard InChI is InChI=1S/C41H48N4O7/c1-50-35-13-11-31(32-12-14-37(47)43-38(32)35)34(46)24-42-19-4-5-22-51-26-27-7-6-9-30(23-27)39(48)44-41(18-15-28-8-2-3-10-33(28)41)40(49)52-36-25-45-20-16-29(36)17-21-45/h2-3,6-14,23,29,34,36,42,46H,4-5,15-22,24-26H2,1H3,(H,43,47)(H,44,48)/t34-,36-,41?/m0/s1. The average molecular weight is 709 g/mol. The predicted molar refractivity (Wildman–Crippen MR) is 197 cm³/mol. The summed E-state index contributed by atoms with van der Waals surface area (Å²) in [4.78, 5) is 44.8. The number of pyridine rings is 1. The first-order chi connectivity index (χ1) is 25.3. The lowest BCUT2D eigenvalue weighted by atomic mass is 9.85. The lowest BCUT2D eigenvalue weighted by Gasteiger charge is -2.45. The molecule has 11 heteroatoms. The second-order valence-corrected chi connectivity index (χ2v) is 14.2. The number of carbonyl (C=O) groups is 2. The highest BCUT2D eigenvalue weighted by atomic mass is 16.5. The first-order valence-electron chi connectivity index (χ1n) is 18.4. The van der Waals surface area contributed by atoms with Crippen LogP contribution in [0.15, 0.2) is 77.6 Å². The molecule has 1 unspecified atom stereocenters. The highest BCUT2D eigenvalue weighted by molar-refractivity contribution is 5.99. The molecule has 4 N–H and O–H groups in total. The highest BCUT2D eigenvalue weighted by Crippen LogP contribution is 2.40. The normalized spacial score (nSPS) is 22.5. The van der Waals surface area contributed by atoms with E-state index in [0.29, 0.717) is 67.5 Å². The van der Waals surface area contributed by atoms with Crippen LogP contribution in [0.25, 0.3) is 10.9 Å². The molecule has 3 saturated heterocycles. The number of hydrogen-bond acceptors (Lipinski definition) is 9. The first-order valence-corrected chi connectivity index (χ1v) is 18.4. The maximum absolute atomic E-state index is 14.0. The number of aromatic amines is 1. The summed E-state index contributed by atoms with van der Waals surface area (Å²) in [6.07, 6.45) is 4.01. The van der Waals surface area contributed by atoms with Gasteiger partial charge in [-0.3, -0.25) is 14.5 Å². The number of hydrogen-bond donors (Lipinski definition) is 4. The summed E-state index contributed by atoms with van der Waals surface area (Å²) in [6.45, 7) is 4.84. The van der Waals surface area contributed by atoms with Crippen LogP contribution in [0.4, 0.5) is 0 Å². The Kier molecular flexibility index (Phi) is 11.0. The molecule has 4 aliphatic rings. The quantitative estimate of drug-likeness (QED) is 0.105. The molecule has 8 rings (SSSR count). The summed E-state index contributed by atoms with van der Waals surface area (Å²) in [7, 11) is 1.54. The molecule has 274 valence electrons. The van der Waals surface area contributed by atoms with Crippen molar-refractivity contribution in [2.24, 2.45) is 5.92 Å². The summed E-state index contributed by atoms with van der Waals surface area (Å²) in [6, 6.07) is 21.9. The Morgan fingerprint density at radius 1 is 1.04 bits per heavy atom. The zero-order valence-electron chi connectivity index (χ0n) is 29.7. The molecule has 0 radical (unpaired) electrons. The molecular formula is C41H48N4O7. The largest absolute Gasteiger partial charge is 0.495 e. The van der Waals surface area contributed by atoms with Crippen molar-refractivity contribution in [1.29, 1.82) is 0 Å². The number of amides is 1. The van der Waals surface area contributed by atoms with Crippen LogP contribution < -0.4 is 20.9 Å². The second kappa shape index (κ2) is 16.0. The Morgan fingerprint density at radius 2 is 1.88 bits per heavy atom. The summed E-state index contributed by atoms with van der Waals surface area (Å²) < 4.78 is 17.6. The van der Waals surface area contributed by atoms with E-state index < -0.39 is 11.6 Å². The number of carbonyl (C=O) groups excluding carboxylic acids is 2. The third-order valence-corrected chi connectivity index (χ3v) is 10.9. The van der Waals surface area contributed by atoms with Gasteiger partial charge in [0.2, 0.25) is 5.56 Å². The number of nitrogens with one attached hydrogen (secondary N) is 3. The number of ether oxygens (including phenoxy) is 3. The maximum Gasteiger partial charge on any atom is 0.336 e. The van der Waals surface area contributed by atoms with E-state index >= 15 is 0 Å². The van der Waals surface area contributed by atoms with E-state index in [9.17, 15) is 19.5 Å². The van der Waals surface area contributed by atoms with Crippen molar-refractivity contribution < 1.29 is 28.9 Å². The molecule has 3 aliphatic heterocycles. The van der Waals surface area contributed by atoms with Gasteiger partial charge < -0.3 is 34.9 Å². The Hall–Kier alpha value is -4.55. The van der Waals surface area contributed by atoms with Crippen molar-refractivity contribution in [2.45, 2.75) is 62.9 Å². The molecule has 1 aromatic heterocycles. The van der Waals surface area contributed by atoms with Gasteiger partial charge in [0.05, 0.1) is 25.3 Å². The van der Waals surface area contributed by atoms with Crippen LogP contribution in [0.1, 0.15) is 70.8 Å². The number of aliphatic hydroxyl groups excluding tert-OH is 1. The molecular weight excluding hydrogens is 660 g/mol. The molecule has 1 amide bonds. The van der Waals surface area contributed by atoms with Gasteiger partial charge in [-0.2, -0.15) is 0 Å².